The number of fused-ring (bicyclic) bond motifs is 1. The number of imidazole rings is 1. The summed E-state index contributed by atoms with van der Waals surface area (Å²) in [6.07, 6.45) is 0.0996. The van der Waals surface area contributed by atoms with E-state index in [4.69, 9.17) is 10.5 Å². The highest BCUT2D eigenvalue weighted by atomic mass is 16.5. The van der Waals surface area contributed by atoms with Crippen molar-refractivity contribution in [1.29, 1.82) is 0 Å². The van der Waals surface area contributed by atoms with Crippen LogP contribution in [0.5, 0.6) is 5.75 Å². The van der Waals surface area contributed by atoms with Gasteiger partial charge in [-0.15, -0.1) is 0 Å². The summed E-state index contributed by atoms with van der Waals surface area (Å²) in [5.41, 5.74) is 8.83. The molecule has 0 radical (unpaired) electrons. The van der Waals surface area contributed by atoms with Crippen molar-refractivity contribution < 1.29 is 14.3 Å². The average Bonchev–Trinajstić information content (AvgIpc) is 3.10. The Kier molecular flexibility index (Phi) is 5.66. The Morgan fingerprint density at radius 1 is 1.03 bits per heavy atom. The largest absolute Gasteiger partial charge is 0.491 e. The van der Waals surface area contributed by atoms with Crippen molar-refractivity contribution in [2.24, 2.45) is 5.73 Å². The second kappa shape index (κ2) is 8.71. The molecule has 4 aromatic rings. The van der Waals surface area contributed by atoms with E-state index in [0.29, 0.717) is 17.0 Å². The van der Waals surface area contributed by atoms with Crippen molar-refractivity contribution in [3.63, 3.8) is 0 Å². The second-order valence-electron chi connectivity index (χ2n) is 7.05. The number of ether oxygens (including phenoxy) is 1. The van der Waals surface area contributed by atoms with Crippen LogP contribution >= 0.6 is 0 Å². The number of anilines is 1. The fourth-order valence-electron chi connectivity index (χ4n) is 3.40. The molecule has 3 N–H and O–H groups in total. The van der Waals surface area contributed by atoms with Crippen LogP contribution in [-0.2, 0) is 4.79 Å². The zero-order valence-corrected chi connectivity index (χ0v) is 17.0. The van der Waals surface area contributed by atoms with Crippen LogP contribution in [0.2, 0.25) is 0 Å². The fourth-order valence-corrected chi connectivity index (χ4v) is 3.40. The number of nitrogens with two attached hydrogens (primary N) is 1. The van der Waals surface area contributed by atoms with Gasteiger partial charge in [0.15, 0.2) is 0 Å². The zero-order chi connectivity index (χ0) is 21.8. The lowest BCUT2D eigenvalue weighted by molar-refractivity contribution is -0.118. The maximum absolute atomic E-state index is 12.9. The van der Waals surface area contributed by atoms with Crippen molar-refractivity contribution in [3.05, 3.63) is 84.2 Å². The number of carbonyl (C=O) groups is 2. The third-order valence-corrected chi connectivity index (χ3v) is 4.84. The van der Waals surface area contributed by atoms with Gasteiger partial charge in [0.1, 0.15) is 11.6 Å². The molecule has 0 spiro atoms. The minimum Gasteiger partial charge on any atom is -0.491 e. The van der Waals surface area contributed by atoms with E-state index in [0.717, 1.165) is 22.5 Å². The molecule has 0 fully saturated rings. The van der Waals surface area contributed by atoms with Crippen LogP contribution in [-0.4, -0.2) is 28.0 Å². The molecule has 7 heteroatoms. The topological polar surface area (TPSA) is 99.2 Å². The summed E-state index contributed by atoms with van der Waals surface area (Å²) >= 11 is 0. The molecular weight excluding hydrogens is 392 g/mol. The molecule has 0 aliphatic heterocycles. The Balaban J connectivity index is 1.58. The van der Waals surface area contributed by atoms with Gasteiger partial charge in [-0.25, -0.2) is 4.98 Å². The molecule has 0 saturated heterocycles. The first-order valence-electron chi connectivity index (χ1n) is 9.89. The highest BCUT2D eigenvalue weighted by Gasteiger charge is 2.14. The Bertz CT molecular complexity index is 1250. The molecule has 0 unspecified atom stereocenters. The zero-order valence-electron chi connectivity index (χ0n) is 17.0. The summed E-state index contributed by atoms with van der Waals surface area (Å²) in [5.74, 6) is 0.592. The van der Waals surface area contributed by atoms with Gasteiger partial charge in [-0.2, -0.15) is 0 Å². The quantitative estimate of drug-likeness (QED) is 0.480. The third kappa shape index (κ3) is 4.40. The number of nitrogens with one attached hydrogen (secondary N) is 1. The van der Waals surface area contributed by atoms with Gasteiger partial charge >= 0.3 is 0 Å². The van der Waals surface area contributed by atoms with Gasteiger partial charge in [0, 0.05) is 11.3 Å². The molecule has 3 aromatic carbocycles. The first-order chi connectivity index (χ1) is 15.0. The number of para-hydroxylation sites is 3. The van der Waals surface area contributed by atoms with Crippen molar-refractivity contribution in [2.45, 2.75) is 13.3 Å². The number of carbonyl (C=O) groups excluding carboxylic acids is 2. The van der Waals surface area contributed by atoms with Gasteiger partial charge in [-0.1, -0.05) is 30.3 Å². The normalized spacial score (nSPS) is 10.7. The van der Waals surface area contributed by atoms with Gasteiger partial charge in [-0.05, 0) is 49.4 Å². The molecule has 0 atom stereocenters. The standard InChI is InChI=1S/C24H22N4O3/c1-16-26-20-15-17(11-12-21(20)28(16)18-7-3-2-4-8-18)24(30)27-19-9-5-6-10-22(19)31-14-13-23(25)29/h2-12,15H,13-14H2,1H3,(H2,25,29)(H,27,30). The molecule has 0 aliphatic rings. The Morgan fingerprint density at radius 3 is 2.55 bits per heavy atom. The van der Waals surface area contributed by atoms with Gasteiger partial charge in [0.25, 0.3) is 5.91 Å². The summed E-state index contributed by atoms with van der Waals surface area (Å²) < 4.78 is 7.65. The maximum Gasteiger partial charge on any atom is 0.255 e. The lowest BCUT2D eigenvalue weighted by Gasteiger charge is -2.12. The minimum absolute atomic E-state index is 0.0996. The Hall–Kier alpha value is -4.13. The first-order valence-corrected chi connectivity index (χ1v) is 9.89. The molecule has 0 aliphatic carbocycles. The van der Waals surface area contributed by atoms with Crippen molar-refractivity contribution in [2.75, 3.05) is 11.9 Å². The summed E-state index contributed by atoms with van der Waals surface area (Å²) in [4.78, 5) is 28.4. The Morgan fingerprint density at radius 2 is 1.77 bits per heavy atom. The number of nitrogens with zero attached hydrogens (tertiary/aromatic N) is 2. The van der Waals surface area contributed by atoms with E-state index in [1.807, 2.05) is 43.3 Å². The number of hydrogen-bond donors (Lipinski definition) is 2. The molecule has 1 heterocycles. The summed E-state index contributed by atoms with van der Waals surface area (Å²) in [5, 5.41) is 2.87. The molecule has 0 bridgehead atoms. The van der Waals surface area contributed by atoms with Gasteiger partial charge in [0.05, 0.1) is 29.7 Å². The lowest BCUT2D eigenvalue weighted by atomic mass is 10.1. The SMILES string of the molecule is Cc1nc2cc(C(=O)Nc3ccccc3OCCC(N)=O)ccc2n1-c1ccccc1. The maximum atomic E-state index is 12.9. The smallest absolute Gasteiger partial charge is 0.255 e. The van der Waals surface area contributed by atoms with Crippen LogP contribution in [0.4, 0.5) is 5.69 Å². The predicted octanol–water partition coefficient (Wildman–Crippen LogP) is 3.84. The van der Waals surface area contributed by atoms with E-state index in [9.17, 15) is 9.59 Å². The summed E-state index contributed by atoms with van der Waals surface area (Å²) in [6, 6.07) is 22.5. The van der Waals surface area contributed by atoms with Crippen molar-refractivity contribution in [1.82, 2.24) is 9.55 Å². The highest BCUT2D eigenvalue weighted by molar-refractivity contribution is 6.06. The molecule has 2 amide bonds. The summed E-state index contributed by atoms with van der Waals surface area (Å²) in [6.45, 7) is 2.08. The minimum atomic E-state index is -0.444. The Labute approximate surface area is 179 Å². The van der Waals surface area contributed by atoms with E-state index in [1.54, 1.807) is 36.4 Å². The number of amides is 2. The van der Waals surface area contributed by atoms with Gasteiger partial charge in [0.2, 0.25) is 5.91 Å². The first kappa shape index (κ1) is 20.2. The molecule has 0 saturated carbocycles. The molecular formula is C24H22N4O3. The number of primary amides is 1. The van der Waals surface area contributed by atoms with E-state index < -0.39 is 5.91 Å². The molecule has 4 rings (SSSR count). The lowest BCUT2D eigenvalue weighted by Crippen LogP contribution is -2.16. The van der Waals surface area contributed by atoms with Crippen LogP contribution in [0.3, 0.4) is 0 Å². The number of hydrogen-bond acceptors (Lipinski definition) is 4. The van der Waals surface area contributed by atoms with E-state index >= 15 is 0 Å². The number of aryl methyl sites for hydroxylation is 1. The van der Waals surface area contributed by atoms with E-state index in [1.165, 1.54) is 0 Å². The molecule has 1 aromatic heterocycles. The number of aromatic nitrogens is 2. The predicted molar refractivity (Wildman–Crippen MR) is 120 cm³/mol. The van der Waals surface area contributed by atoms with E-state index in [2.05, 4.69) is 14.9 Å². The molecule has 156 valence electrons. The van der Waals surface area contributed by atoms with Crippen LogP contribution in [0.1, 0.15) is 22.6 Å². The van der Waals surface area contributed by atoms with Crippen molar-refractivity contribution >= 4 is 28.5 Å². The summed E-state index contributed by atoms with van der Waals surface area (Å²) in [7, 11) is 0. The van der Waals surface area contributed by atoms with E-state index in [-0.39, 0.29) is 18.9 Å². The second-order valence-corrected chi connectivity index (χ2v) is 7.05. The monoisotopic (exact) mass is 414 g/mol. The van der Waals surface area contributed by atoms with Crippen LogP contribution in [0, 0.1) is 6.92 Å². The highest BCUT2D eigenvalue weighted by Crippen LogP contribution is 2.26. The average molecular weight is 414 g/mol. The third-order valence-electron chi connectivity index (χ3n) is 4.84. The van der Waals surface area contributed by atoms with Gasteiger partial charge in [-0.3, -0.25) is 14.2 Å². The number of rotatable bonds is 7. The van der Waals surface area contributed by atoms with Gasteiger partial charge < -0.3 is 15.8 Å². The van der Waals surface area contributed by atoms with Crippen LogP contribution < -0.4 is 15.8 Å². The number of benzene rings is 3. The van der Waals surface area contributed by atoms with Crippen LogP contribution in [0.25, 0.3) is 16.7 Å². The fraction of sp³-hybridized carbons (Fsp3) is 0.125. The van der Waals surface area contributed by atoms with Crippen molar-refractivity contribution in [3.8, 4) is 11.4 Å². The molecule has 7 nitrogen and oxygen atoms in total. The molecule has 31 heavy (non-hydrogen) atoms. The van der Waals surface area contributed by atoms with Crippen LogP contribution in [0.15, 0.2) is 72.8 Å².